The predicted molar refractivity (Wildman–Crippen MR) is 78.2 cm³/mol. The Hall–Kier alpha value is -2.14. The third kappa shape index (κ3) is 2.23. The summed E-state index contributed by atoms with van der Waals surface area (Å²) < 4.78 is 12.9. The third-order valence-electron chi connectivity index (χ3n) is 4.10. The van der Waals surface area contributed by atoms with Crippen LogP contribution in [-0.4, -0.2) is 27.9 Å². The van der Waals surface area contributed by atoms with E-state index in [4.69, 9.17) is 9.26 Å². The maximum absolute atomic E-state index is 5.41. The molecule has 0 radical (unpaired) electrons. The Morgan fingerprint density at radius 1 is 1.33 bits per heavy atom. The summed E-state index contributed by atoms with van der Waals surface area (Å²) in [6.45, 7) is 1.49. The zero-order valence-corrected chi connectivity index (χ0v) is 12.0. The molecule has 5 nitrogen and oxygen atoms in total. The molecule has 3 aromatic rings. The van der Waals surface area contributed by atoms with Crippen LogP contribution in [0.2, 0.25) is 0 Å². The quantitative estimate of drug-likeness (QED) is 0.741. The van der Waals surface area contributed by atoms with Gasteiger partial charge in [-0.2, -0.15) is 4.98 Å². The lowest BCUT2D eigenvalue weighted by Crippen LogP contribution is -2.00. The van der Waals surface area contributed by atoms with Crippen molar-refractivity contribution in [3.05, 3.63) is 47.7 Å². The topological polar surface area (TPSA) is 53.1 Å². The second kappa shape index (κ2) is 5.00. The summed E-state index contributed by atoms with van der Waals surface area (Å²) in [6.07, 6.45) is 3.78. The Bertz CT molecular complexity index is 769. The first-order valence-corrected chi connectivity index (χ1v) is 7.24. The molecule has 21 heavy (non-hydrogen) atoms. The third-order valence-corrected chi connectivity index (χ3v) is 4.10. The van der Waals surface area contributed by atoms with Crippen LogP contribution < -0.4 is 0 Å². The Morgan fingerprint density at radius 3 is 3.10 bits per heavy atom. The van der Waals surface area contributed by atoms with Crippen LogP contribution in [0.3, 0.4) is 0 Å². The van der Waals surface area contributed by atoms with Crippen molar-refractivity contribution in [2.75, 3.05) is 13.2 Å². The maximum atomic E-state index is 5.41. The van der Waals surface area contributed by atoms with Gasteiger partial charge in [0.1, 0.15) is 0 Å². The second-order valence-corrected chi connectivity index (χ2v) is 5.57. The van der Waals surface area contributed by atoms with Crippen molar-refractivity contribution < 1.29 is 9.26 Å². The minimum absolute atomic E-state index is 0.287. The van der Waals surface area contributed by atoms with Crippen molar-refractivity contribution in [1.82, 2.24) is 14.7 Å². The average Bonchev–Trinajstić information content (AvgIpc) is 3.21. The Morgan fingerprint density at radius 2 is 2.24 bits per heavy atom. The van der Waals surface area contributed by atoms with E-state index in [-0.39, 0.29) is 5.92 Å². The minimum atomic E-state index is 0.287. The van der Waals surface area contributed by atoms with Gasteiger partial charge in [-0.3, -0.25) is 0 Å². The molecule has 1 saturated heterocycles. The molecule has 0 amide bonds. The normalized spacial score (nSPS) is 18.6. The van der Waals surface area contributed by atoms with E-state index in [1.807, 2.05) is 0 Å². The summed E-state index contributed by atoms with van der Waals surface area (Å²) in [5.74, 6) is 1.74. The van der Waals surface area contributed by atoms with E-state index in [1.165, 1.54) is 16.5 Å². The van der Waals surface area contributed by atoms with Crippen molar-refractivity contribution in [1.29, 1.82) is 0 Å². The number of aromatic nitrogens is 3. The van der Waals surface area contributed by atoms with Gasteiger partial charge in [-0.25, -0.2) is 0 Å². The van der Waals surface area contributed by atoms with Crippen LogP contribution in [0.15, 0.2) is 35.0 Å². The molecule has 0 spiro atoms. The minimum Gasteiger partial charge on any atom is -0.381 e. The molecule has 1 aliphatic rings. The van der Waals surface area contributed by atoms with Crippen molar-refractivity contribution in [2.45, 2.75) is 18.8 Å². The number of benzene rings is 1. The lowest BCUT2D eigenvalue weighted by molar-refractivity contribution is 0.192. The molecule has 5 heteroatoms. The SMILES string of the molecule is Cn1cc(Cc2nc([C@@H]3CCOC3)no2)c2ccccc21. The van der Waals surface area contributed by atoms with Gasteiger partial charge in [0.2, 0.25) is 5.89 Å². The maximum Gasteiger partial charge on any atom is 0.231 e. The molecule has 4 rings (SSSR count). The molecule has 1 atom stereocenters. The van der Waals surface area contributed by atoms with Crippen LogP contribution >= 0.6 is 0 Å². The summed E-state index contributed by atoms with van der Waals surface area (Å²) in [6, 6.07) is 8.36. The molecule has 0 N–H and O–H groups in total. The molecule has 108 valence electrons. The number of hydrogen-bond donors (Lipinski definition) is 0. The van der Waals surface area contributed by atoms with Crippen LogP contribution in [0.5, 0.6) is 0 Å². The number of hydrogen-bond acceptors (Lipinski definition) is 4. The first-order valence-electron chi connectivity index (χ1n) is 7.24. The highest BCUT2D eigenvalue weighted by molar-refractivity contribution is 5.84. The van der Waals surface area contributed by atoms with Gasteiger partial charge in [0.25, 0.3) is 0 Å². The van der Waals surface area contributed by atoms with Crippen molar-refractivity contribution in [3.8, 4) is 0 Å². The standard InChI is InChI=1S/C16H17N3O2/c1-19-9-12(13-4-2-3-5-14(13)19)8-15-17-16(18-21-15)11-6-7-20-10-11/h2-5,9,11H,6-8,10H2,1H3/t11-/m1/s1. The number of para-hydroxylation sites is 1. The van der Waals surface area contributed by atoms with Crippen molar-refractivity contribution in [3.63, 3.8) is 0 Å². The summed E-state index contributed by atoms with van der Waals surface area (Å²) in [5, 5.41) is 5.35. The molecule has 0 unspecified atom stereocenters. The molecule has 1 aromatic carbocycles. The van der Waals surface area contributed by atoms with E-state index in [0.29, 0.717) is 18.9 Å². The lowest BCUT2D eigenvalue weighted by Gasteiger charge is -1.97. The van der Waals surface area contributed by atoms with E-state index < -0.39 is 0 Å². The number of nitrogens with zero attached hydrogens (tertiary/aromatic N) is 3. The smallest absolute Gasteiger partial charge is 0.231 e. The largest absolute Gasteiger partial charge is 0.381 e. The molecular formula is C16H17N3O2. The van der Waals surface area contributed by atoms with Crippen LogP contribution in [-0.2, 0) is 18.2 Å². The van der Waals surface area contributed by atoms with E-state index in [2.05, 4.69) is 52.2 Å². The van der Waals surface area contributed by atoms with E-state index >= 15 is 0 Å². The molecule has 3 heterocycles. The molecule has 0 aliphatic carbocycles. The number of ether oxygens (including phenoxy) is 1. The van der Waals surface area contributed by atoms with Gasteiger partial charge in [0, 0.05) is 36.7 Å². The lowest BCUT2D eigenvalue weighted by atomic mass is 10.1. The van der Waals surface area contributed by atoms with Gasteiger partial charge >= 0.3 is 0 Å². The average molecular weight is 283 g/mol. The van der Waals surface area contributed by atoms with Gasteiger partial charge in [-0.15, -0.1) is 0 Å². The molecule has 1 fully saturated rings. The van der Waals surface area contributed by atoms with Gasteiger partial charge in [-0.05, 0) is 18.1 Å². The Labute approximate surface area is 122 Å². The molecule has 1 aliphatic heterocycles. The van der Waals surface area contributed by atoms with E-state index in [1.54, 1.807) is 0 Å². The van der Waals surface area contributed by atoms with E-state index in [9.17, 15) is 0 Å². The Kier molecular flexibility index (Phi) is 3.00. The molecule has 2 aromatic heterocycles. The van der Waals surface area contributed by atoms with Crippen LogP contribution in [0, 0.1) is 0 Å². The Balaban J connectivity index is 1.62. The number of aryl methyl sites for hydroxylation is 1. The van der Waals surface area contributed by atoms with Crippen molar-refractivity contribution in [2.24, 2.45) is 7.05 Å². The van der Waals surface area contributed by atoms with Gasteiger partial charge < -0.3 is 13.8 Å². The summed E-state index contributed by atoms with van der Waals surface area (Å²) in [5.41, 5.74) is 2.43. The fourth-order valence-electron chi connectivity index (χ4n) is 2.97. The summed E-state index contributed by atoms with van der Waals surface area (Å²) in [7, 11) is 2.06. The molecule has 0 saturated carbocycles. The summed E-state index contributed by atoms with van der Waals surface area (Å²) in [4.78, 5) is 4.54. The van der Waals surface area contributed by atoms with Crippen molar-refractivity contribution >= 4 is 10.9 Å². The van der Waals surface area contributed by atoms with Crippen LogP contribution in [0.1, 0.15) is 29.6 Å². The fraction of sp³-hybridized carbons (Fsp3) is 0.375. The highest BCUT2D eigenvalue weighted by Crippen LogP contribution is 2.25. The van der Waals surface area contributed by atoms with Gasteiger partial charge in [0.05, 0.1) is 13.0 Å². The first kappa shape index (κ1) is 12.6. The first-order chi connectivity index (χ1) is 10.3. The zero-order chi connectivity index (χ0) is 14.2. The van der Waals surface area contributed by atoms with Crippen LogP contribution in [0.25, 0.3) is 10.9 Å². The summed E-state index contributed by atoms with van der Waals surface area (Å²) >= 11 is 0. The number of fused-ring (bicyclic) bond motifs is 1. The van der Waals surface area contributed by atoms with Crippen LogP contribution in [0.4, 0.5) is 0 Å². The fourth-order valence-corrected chi connectivity index (χ4v) is 2.97. The number of rotatable bonds is 3. The monoisotopic (exact) mass is 283 g/mol. The molecular weight excluding hydrogens is 266 g/mol. The zero-order valence-electron chi connectivity index (χ0n) is 12.0. The second-order valence-electron chi connectivity index (χ2n) is 5.57. The predicted octanol–water partition coefficient (Wildman–Crippen LogP) is 2.66. The van der Waals surface area contributed by atoms with E-state index in [0.717, 1.165) is 18.9 Å². The van der Waals surface area contributed by atoms with Gasteiger partial charge in [-0.1, -0.05) is 23.4 Å². The highest BCUT2D eigenvalue weighted by atomic mass is 16.5. The highest BCUT2D eigenvalue weighted by Gasteiger charge is 2.23. The van der Waals surface area contributed by atoms with Gasteiger partial charge in [0.15, 0.2) is 5.82 Å². The molecule has 0 bridgehead atoms.